The summed E-state index contributed by atoms with van der Waals surface area (Å²) in [6, 6.07) is 0.353. The highest BCUT2D eigenvalue weighted by Crippen LogP contribution is 2.17. The molecule has 0 aromatic carbocycles. The van der Waals surface area contributed by atoms with E-state index in [1.54, 1.807) is 0 Å². The molecule has 0 saturated carbocycles. The maximum atomic E-state index is 11.9. The van der Waals surface area contributed by atoms with Crippen molar-refractivity contribution in [3.05, 3.63) is 0 Å². The Labute approximate surface area is 110 Å². The second-order valence-corrected chi connectivity index (χ2v) is 5.67. The molecule has 104 valence electrons. The summed E-state index contributed by atoms with van der Waals surface area (Å²) < 4.78 is 5.65. The van der Waals surface area contributed by atoms with Crippen LogP contribution in [0.3, 0.4) is 0 Å². The van der Waals surface area contributed by atoms with Gasteiger partial charge in [0, 0.05) is 19.1 Å². The van der Waals surface area contributed by atoms with Gasteiger partial charge >= 0.3 is 0 Å². The fraction of sp³-hybridized carbons (Fsp3) is 0.929. The number of piperidine rings is 1. The number of rotatable bonds is 4. The van der Waals surface area contributed by atoms with Gasteiger partial charge in [0.05, 0.1) is 6.10 Å². The molecule has 0 aromatic rings. The minimum absolute atomic E-state index is 0.197. The van der Waals surface area contributed by atoms with Crippen LogP contribution in [0.5, 0.6) is 0 Å². The lowest BCUT2D eigenvalue weighted by Crippen LogP contribution is -2.48. The first kappa shape index (κ1) is 13.8. The van der Waals surface area contributed by atoms with Crippen molar-refractivity contribution in [3.8, 4) is 0 Å². The lowest BCUT2D eigenvalue weighted by molar-refractivity contribution is -0.123. The van der Waals surface area contributed by atoms with Gasteiger partial charge in [-0.3, -0.25) is 4.79 Å². The molecule has 2 N–H and O–H groups in total. The molecular formula is C14H26N2O2. The largest absolute Gasteiger partial charge is 0.378 e. The van der Waals surface area contributed by atoms with Crippen LogP contribution in [0.25, 0.3) is 0 Å². The zero-order valence-corrected chi connectivity index (χ0v) is 11.4. The van der Waals surface area contributed by atoms with Crippen LogP contribution in [0.2, 0.25) is 0 Å². The second kappa shape index (κ2) is 7.10. The molecule has 2 rings (SSSR count). The summed E-state index contributed by atoms with van der Waals surface area (Å²) in [4.78, 5) is 11.9. The Morgan fingerprint density at radius 2 is 2.28 bits per heavy atom. The van der Waals surface area contributed by atoms with E-state index >= 15 is 0 Å². The maximum absolute atomic E-state index is 11.9. The molecule has 1 amide bonds. The van der Waals surface area contributed by atoms with Gasteiger partial charge in [0.25, 0.3) is 0 Å². The minimum atomic E-state index is 0.197. The molecule has 4 nitrogen and oxygen atoms in total. The second-order valence-electron chi connectivity index (χ2n) is 5.67. The average Bonchev–Trinajstić information content (AvgIpc) is 2.40. The number of hydrogen-bond acceptors (Lipinski definition) is 3. The summed E-state index contributed by atoms with van der Waals surface area (Å²) in [5, 5.41) is 6.52. The predicted octanol–water partition coefficient (Wildman–Crippen LogP) is 1.45. The number of carbonyl (C=O) groups is 1. The van der Waals surface area contributed by atoms with Gasteiger partial charge in [-0.1, -0.05) is 6.92 Å². The Morgan fingerprint density at radius 3 is 3.00 bits per heavy atom. The van der Waals surface area contributed by atoms with Crippen LogP contribution in [0.15, 0.2) is 0 Å². The van der Waals surface area contributed by atoms with E-state index in [2.05, 4.69) is 17.6 Å². The SMILES string of the molecule is CC1CNCCC1NC(=O)CCC1CCCCO1. The van der Waals surface area contributed by atoms with Crippen molar-refractivity contribution in [1.29, 1.82) is 0 Å². The van der Waals surface area contributed by atoms with Gasteiger partial charge in [0.2, 0.25) is 5.91 Å². The highest BCUT2D eigenvalue weighted by Gasteiger charge is 2.23. The summed E-state index contributed by atoms with van der Waals surface area (Å²) in [5.74, 6) is 0.733. The molecule has 2 aliphatic heterocycles. The van der Waals surface area contributed by atoms with Crippen molar-refractivity contribution in [1.82, 2.24) is 10.6 Å². The van der Waals surface area contributed by atoms with Crippen LogP contribution in [-0.4, -0.2) is 37.7 Å². The quantitative estimate of drug-likeness (QED) is 0.798. The van der Waals surface area contributed by atoms with E-state index in [0.29, 0.717) is 24.5 Å². The number of amides is 1. The molecule has 0 radical (unpaired) electrons. The summed E-state index contributed by atoms with van der Waals surface area (Å²) in [5.41, 5.74) is 0. The van der Waals surface area contributed by atoms with Crippen molar-refractivity contribution in [2.75, 3.05) is 19.7 Å². The maximum Gasteiger partial charge on any atom is 0.220 e. The van der Waals surface area contributed by atoms with E-state index in [-0.39, 0.29) is 5.91 Å². The van der Waals surface area contributed by atoms with Crippen molar-refractivity contribution in [3.63, 3.8) is 0 Å². The van der Waals surface area contributed by atoms with E-state index in [0.717, 1.165) is 39.0 Å². The number of ether oxygens (including phenoxy) is 1. The predicted molar refractivity (Wildman–Crippen MR) is 71.4 cm³/mol. The van der Waals surface area contributed by atoms with Gasteiger partial charge in [0.15, 0.2) is 0 Å². The van der Waals surface area contributed by atoms with Crippen molar-refractivity contribution >= 4 is 5.91 Å². The van der Waals surface area contributed by atoms with E-state index in [9.17, 15) is 4.79 Å². The van der Waals surface area contributed by atoms with Crippen LogP contribution in [0.4, 0.5) is 0 Å². The van der Waals surface area contributed by atoms with Gasteiger partial charge < -0.3 is 15.4 Å². The highest BCUT2D eigenvalue weighted by atomic mass is 16.5. The zero-order chi connectivity index (χ0) is 12.8. The molecule has 0 spiro atoms. The Morgan fingerprint density at radius 1 is 1.39 bits per heavy atom. The van der Waals surface area contributed by atoms with Gasteiger partial charge in [0.1, 0.15) is 0 Å². The summed E-state index contributed by atoms with van der Waals surface area (Å²) in [7, 11) is 0. The molecule has 18 heavy (non-hydrogen) atoms. The first-order valence-electron chi connectivity index (χ1n) is 7.37. The minimum Gasteiger partial charge on any atom is -0.378 e. The Bertz CT molecular complexity index is 265. The number of nitrogens with one attached hydrogen (secondary N) is 2. The third kappa shape index (κ3) is 4.25. The Kier molecular flexibility index (Phi) is 5.45. The van der Waals surface area contributed by atoms with E-state index in [1.165, 1.54) is 12.8 Å². The molecule has 4 heteroatoms. The van der Waals surface area contributed by atoms with Gasteiger partial charge in [-0.2, -0.15) is 0 Å². The van der Waals surface area contributed by atoms with Gasteiger partial charge in [-0.25, -0.2) is 0 Å². The zero-order valence-electron chi connectivity index (χ0n) is 11.4. The van der Waals surface area contributed by atoms with Crippen molar-refractivity contribution in [2.24, 2.45) is 5.92 Å². The highest BCUT2D eigenvalue weighted by molar-refractivity contribution is 5.76. The standard InChI is InChI=1S/C14H26N2O2/c1-11-10-15-8-7-13(11)16-14(17)6-5-12-4-2-3-9-18-12/h11-13,15H,2-10H2,1H3,(H,16,17). The topological polar surface area (TPSA) is 50.4 Å². The average molecular weight is 254 g/mol. The number of hydrogen-bond donors (Lipinski definition) is 2. The molecule has 2 fully saturated rings. The van der Waals surface area contributed by atoms with Crippen LogP contribution < -0.4 is 10.6 Å². The lowest BCUT2D eigenvalue weighted by Gasteiger charge is -2.30. The molecule has 2 aliphatic rings. The lowest BCUT2D eigenvalue weighted by atomic mass is 9.95. The van der Waals surface area contributed by atoms with E-state index < -0.39 is 0 Å². The summed E-state index contributed by atoms with van der Waals surface area (Å²) >= 11 is 0. The summed E-state index contributed by atoms with van der Waals surface area (Å²) in [6.45, 7) is 5.09. The number of carbonyl (C=O) groups excluding carboxylic acids is 1. The normalized spacial score (nSPS) is 33.1. The monoisotopic (exact) mass is 254 g/mol. The van der Waals surface area contributed by atoms with Crippen molar-refractivity contribution < 1.29 is 9.53 Å². The molecule has 0 aliphatic carbocycles. The van der Waals surface area contributed by atoms with E-state index in [4.69, 9.17) is 4.74 Å². The van der Waals surface area contributed by atoms with Gasteiger partial charge in [-0.15, -0.1) is 0 Å². The first-order valence-corrected chi connectivity index (χ1v) is 7.37. The summed E-state index contributed by atoms with van der Waals surface area (Å²) in [6.07, 6.45) is 6.40. The Balaban J connectivity index is 1.64. The Hall–Kier alpha value is -0.610. The van der Waals surface area contributed by atoms with Gasteiger partial charge in [-0.05, 0) is 51.1 Å². The third-order valence-electron chi connectivity index (χ3n) is 4.10. The third-order valence-corrected chi connectivity index (χ3v) is 4.10. The fourth-order valence-corrected chi connectivity index (χ4v) is 2.83. The molecule has 2 heterocycles. The molecule has 0 bridgehead atoms. The molecular weight excluding hydrogens is 228 g/mol. The first-order chi connectivity index (χ1) is 8.75. The molecule has 0 aromatic heterocycles. The van der Waals surface area contributed by atoms with Crippen LogP contribution in [0, 0.1) is 5.92 Å². The molecule has 2 saturated heterocycles. The van der Waals surface area contributed by atoms with Crippen molar-refractivity contribution in [2.45, 2.75) is 57.6 Å². The fourth-order valence-electron chi connectivity index (χ4n) is 2.83. The smallest absolute Gasteiger partial charge is 0.220 e. The van der Waals surface area contributed by atoms with Crippen LogP contribution in [-0.2, 0) is 9.53 Å². The van der Waals surface area contributed by atoms with Crippen LogP contribution >= 0.6 is 0 Å². The van der Waals surface area contributed by atoms with E-state index in [1.807, 2.05) is 0 Å². The molecule has 3 atom stereocenters. The van der Waals surface area contributed by atoms with Crippen LogP contribution in [0.1, 0.15) is 45.4 Å². The molecule has 3 unspecified atom stereocenters.